The number of thiazole rings is 1. The number of anilines is 1. The van der Waals surface area contributed by atoms with Crippen LogP contribution >= 0.6 is 11.3 Å². The maximum atomic E-state index is 11.9. The molecule has 0 radical (unpaired) electrons. The molecule has 0 saturated carbocycles. The molecule has 106 valence electrons. The number of nitrogens with two attached hydrogens (primary N) is 1. The van der Waals surface area contributed by atoms with Gasteiger partial charge in [0, 0.05) is 24.4 Å². The number of hydrogen-bond donors (Lipinski definition) is 3. The van der Waals surface area contributed by atoms with Gasteiger partial charge >= 0.3 is 0 Å². The van der Waals surface area contributed by atoms with Crippen molar-refractivity contribution >= 4 is 28.3 Å². The molecule has 0 aromatic carbocycles. The summed E-state index contributed by atoms with van der Waals surface area (Å²) in [5.74, 6) is -0.337. The van der Waals surface area contributed by atoms with Crippen molar-refractivity contribution in [1.29, 1.82) is 0 Å². The van der Waals surface area contributed by atoms with Crippen LogP contribution in [-0.2, 0) is 4.79 Å². The van der Waals surface area contributed by atoms with Gasteiger partial charge in [0.05, 0.1) is 0 Å². The Morgan fingerprint density at radius 3 is 2.68 bits per heavy atom. The third kappa shape index (κ3) is 4.60. The zero-order valence-electron chi connectivity index (χ0n) is 11.2. The number of carbonyl (C=O) groups excluding carboxylic acids is 2. The number of nitrogens with one attached hydrogen (secondary N) is 2. The largest absolute Gasteiger partial charge is 0.349 e. The Labute approximate surface area is 116 Å². The molecule has 0 bridgehead atoms. The van der Waals surface area contributed by atoms with Gasteiger partial charge in [0.25, 0.3) is 5.91 Å². The van der Waals surface area contributed by atoms with Gasteiger partial charge in [-0.2, -0.15) is 0 Å². The molecule has 0 aliphatic rings. The lowest BCUT2D eigenvalue weighted by atomic mass is 10.0. The van der Waals surface area contributed by atoms with Crippen LogP contribution in [0.4, 0.5) is 5.13 Å². The molecule has 1 heterocycles. The van der Waals surface area contributed by atoms with Crippen molar-refractivity contribution in [2.75, 3.05) is 18.4 Å². The Bertz CT molecular complexity index is 429. The summed E-state index contributed by atoms with van der Waals surface area (Å²) in [6, 6.07) is 0. The summed E-state index contributed by atoms with van der Waals surface area (Å²) in [5, 5.41) is 7.44. The Balaban J connectivity index is 2.59. The molecule has 0 aliphatic carbocycles. The number of amides is 2. The Morgan fingerprint density at radius 2 is 2.11 bits per heavy atom. The van der Waals surface area contributed by atoms with E-state index in [-0.39, 0.29) is 17.7 Å². The number of aromatic nitrogens is 1. The molecule has 7 heteroatoms. The van der Waals surface area contributed by atoms with Gasteiger partial charge in [0.2, 0.25) is 5.91 Å². The fourth-order valence-corrected chi connectivity index (χ4v) is 2.27. The summed E-state index contributed by atoms with van der Waals surface area (Å²) in [7, 11) is 0. The zero-order chi connectivity index (χ0) is 14.3. The number of nitrogens with zero attached hydrogens (tertiary/aromatic N) is 1. The predicted octanol–water partition coefficient (Wildman–Crippen LogP) is 1.21. The molecule has 2 amide bonds. The van der Waals surface area contributed by atoms with E-state index in [1.165, 1.54) is 11.3 Å². The summed E-state index contributed by atoms with van der Waals surface area (Å²) in [4.78, 5) is 27.6. The van der Waals surface area contributed by atoms with Crippen molar-refractivity contribution in [3.8, 4) is 0 Å². The standard InChI is InChI=1S/C12H20N4O2S/c1-3-8(4-2)10(17)16-12-15-9(7-19-12)11(18)14-6-5-13/h7-8H,3-6,13H2,1-2H3,(H,14,18)(H,15,16,17). The molecule has 4 N–H and O–H groups in total. The summed E-state index contributed by atoms with van der Waals surface area (Å²) in [6.07, 6.45) is 1.58. The zero-order valence-corrected chi connectivity index (χ0v) is 12.0. The molecule has 0 aliphatic heterocycles. The summed E-state index contributed by atoms with van der Waals surface area (Å²) < 4.78 is 0. The number of hydrogen-bond acceptors (Lipinski definition) is 5. The van der Waals surface area contributed by atoms with E-state index in [4.69, 9.17) is 5.73 Å². The maximum Gasteiger partial charge on any atom is 0.270 e. The second-order valence-electron chi connectivity index (χ2n) is 4.09. The van der Waals surface area contributed by atoms with Gasteiger partial charge in [-0.15, -0.1) is 11.3 Å². The quantitative estimate of drug-likeness (QED) is 0.701. The molecule has 0 spiro atoms. The third-order valence-corrected chi connectivity index (χ3v) is 3.51. The molecule has 0 fully saturated rings. The van der Waals surface area contributed by atoms with Gasteiger partial charge in [-0.25, -0.2) is 4.98 Å². The van der Waals surface area contributed by atoms with E-state index in [2.05, 4.69) is 15.6 Å². The number of rotatable bonds is 7. The molecular formula is C12H20N4O2S. The molecule has 0 saturated heterocycles. The fourth-order valence-electron chi connectivity index (χ4n) is 1.58. The lowest BCUT2D eigenvalue weighted by Crippen LogP contribution is -2.29. The highest BCUT2D eigenvalue weighted by molar-refractivity contribution is 7.14. The van der Waals surface area contributed by atoms with Gasteiger partial charge in [-0.3, -0.25) is 9.59 Å². The van der Waals surface area contributed by atoms with Crippen LogP contribution in [0.5, 0.6) is 0 Å². The average Bonchev–Trinajstić information content (AvgIpc) is 2.86. The topological polar surface area (TPSA) is 97.1 Å². The minimum absolute atomic E-state index is 0.0154. The van der Waals surface area contributed by atoms with Crippen molar-refractivity contribution < 1.29 is 9.59 Å². The van der Waals surface area contributed by atoms with Gasteiger partial charge in [-0.1, -0.05) is 13.8 Å². The number of carbonyl (C=O) groups is 2. The van der Waals surface area contributed by atoms with E-state index in [0.29, 0.717) is 23.9 Å². The van der Waals surface area contributed by atoms with E-state index in [0.717, 1.165) is 12.8 Å². The highest BCUT2D eigenvalue weighted by Gasteiger charge is 2.16. The van der Waals surface area contributed by atoms with Gasteiger partial charge in [0.15, 0.2) is 5.13 Å². The van der Waals surface area contributed by atoms with Crippen LogP contribution in [-0.4, -0.2) is 29.9 Å². The summed E-state index contributed by atoms with van der Waals surface area (Å²) >= 11 is 1.24. The van der Waals surface area contributed by atoms with Gasteiger partial charge in [0.1, 0.15) is 5.69 Å². The van der Waals surface area contributed by atoms with Crippen LogP contribution in [0.1, 0.15) is 37.2 Å². The molecule has 0 unspecified atom stereocenters. The van der Waals surface area contributed by atoms with E-state index >= 15 is 0 Å². The Kier molecular flexibility index (Phi) is 6.44. The van der Waals surface area contributed by atoms with Crippen LogP contribution in [0.2, 0.25) is 0 Å². The first kappa shape index (κ1) is 15.6. The summed E-state index contributed by atoms with van der Waals surface area (Å²) in [6.45, 7) is 4.74. The minimum atomic E-state index is -0.273. The smallest absolute Gasteiger partial charge is 0.270 e. The predicted molar refractivity (Wildman–Crippen MR) is 76.2 cm³/mol. The van der Waals surface area contributed by atoms with Gasteiger partial charge < -0.3 is 16.4 Å². The van der Waals surface area contributed by atoms with E-state index in [9.17, 15) is 9.59 Å². The molecule has 0 atom stereocenters. The Hall–Kier alpha value is -1.47. The van der Waals surface area contributed by atoms with Crippen LogP contribution in [0, 0.1) is 5.92 Å². The fraction of sp³-hybridized carbons (Fsp3) is 0.583. The first-order chi connectivity index (χ1) is 9.12. The van der Waals surface area contributed by atoms with Crippen molar-refractivity contribution in [3.63, 3.8) is 0 Å². The normalized spacial score (nSPS) is 10.5. The van der Waals surface area contributed by atoms with Gasteiger partial charge in [-0.05, 0) is 12.8 Å². The van der Waals surface area contributed by atoms with E-state index in [1.54, 1.807) is 5.38 Å². The third-order valence-electron chi connectivity index (χ3n) is 2.75. The average molecular weight is 284 g/mol. The van der Waals surface area contributed by atoms with Crippen molar-refractivity contribution in [1.82, 2.24) is 10.3 Å². The highest BCUT2D eigenvalue weighted by Crippen LogP contribution is 2.18. The second-order valence-corrected chi connectivity index (χ2v) is 4.94. The van der Waals surface area contributed by atoms with Crippen LogP contribution in [0.15, 0.2) is 5.38 Å². The van der Waals surface area contributed by atoms with Crippen LogP contribution in [0.3, 0.4) is 0 Å². The van der Waals surface area contributed by atoms with Crippen LogP contribution < -0.4 is 16.4 Å². The molecule has 1 aromatic rings. The Morgan fingerprint density at radius 1 is 1.42 bits per heavy atom. The van der Waals surface area contributed by atoms with Crippen LogP contribution in [0.25, 0.3) is 0 Å². The second kappa shape index (κ2) is 7.85. The monoisotopic (exact) mass is 284 g/mol. The van der Waals surface area contributed by atoms with Crippen molar-refractivity contribution in [2.45, 2.75) is 26.7 Å². The minimum Gasteiger partial charge on any atom is -0.349 e. The lowest BCUT2D eigenvalue weighted by Gasteiger charge is -2.10. The SMILES string of the molecule is CCC(CC)C(=O)Nc1nc(C(=O)NCCN)cs1. The maximum absolute atomic E-state index is 11.9. The first-order valence-corrected chi connectivity index (χ1v) is 7.24. The molecule has 1 aromatic heterocycles. The molecule has 6 nitrogen and oxygen atoms in total. The highest BCUT2D eigenvalue weighted by atomic mass is 32.1. The first-order valence-electron chi connectivity index (χ1n) is 6.37. The van der Waals surface area contributed by atoms with E-state index in [1.807, 2.05) is 13.8 Å². The van der Waals surface area contributed by atoms with Crippen molar-refractivity contribution in [2.24, 2.45) is 11.7 Å². The summed E-state index contributed by atoms with van der Waals surface area (Å²) in [5.41, 5.74) is 5.60. The molecule has 1 rings (SSSR count). The molecular weight excluding hydrogens is 264 g/mol. The van der Waals surface area contributed by atoms with Crippen molar-refractivity contribution in [3.05, 3.63) is 11.1 Å². The molecule has 19 heavy (non-hydrogen) atoms. The van der Waals surface area contributed by atoms with E-state index < -0.39 is 0 Å². The lowest BCUT2D eigenvalue weighted by molar-refractivity contribution is -0.120.